The summed E-state index contributed by atoms with van der Waals surface area (Å²) < 4.78 is 8.85. The number of hydrogen-bond acceptors (Lipinski definition) is 4. The van der Waals surface area contributed by atoms with E-state index in [1.165, 1.54) is 0 Å². The lowest BCUT2D eigenvalue weighted by Gasteiger charge is -2.07. The van der Waals surface area contributed by atoms with Gasteiger partial charge in [-0.2, -0.15) is 5.10 Å². The number of carbonyl (C=O) groups excluding carboxylic acids is 1. The number of nitrogen functional groups attached to an aromatic ring is 1. The van der Waals surface area contributed by atoms with Gasteiger partial charge in [0.05, 0.1) is 18.5 Å². The molecule has 0 fully saturated rings. The first-order valence-corrected chi connectivity index (χ1v) is 6.70. The van der Waals surface area contributed by atoms with Crippen molar-refractivity contribution in [2.24, 2.45) is 7.05 Å². The van der Waals surface area contributed by atoms with Crippen LogP contribution in [0, 0.1) is 0 Å². The van der Waals surface area contributed by atoms with Gasteiger partial charge in [-0.25, -0.2) is 4.79 Å². The Hall–Kier alpha value is -2.24. The predicted octanol–water partition coefficient (Wildman–Crippen LogP) is 1.61. The Morgan fingerprint density at radius 3 is 2.90 bits per heavy atom. The smallest absolute Gasteiger partial charge is 0.355 e. The van der Waals surface area contributed by atoms with Crippen LogP contribution in [0.2, 0.25) is 0 Å². The molecular weight excluding hydrogens is 256 g/mol. The van der Waals surface area contributed by atoms with Crippen LogP contribution in [-0.2, 0) is 24.8 Å². The molecule has 2 N–H and O–H groups in total. The van der Waals surface area contributed by atoms with E-state index in [9.17, 15) is 4.79 Å². The molecule has 0 aliphatic carbocycles. The number of aromatic nitrogens is 3. The number of ether oxygens (including phenoxy) is 1. The van der Waals surface area contributed by atoms with Crippen LogP contribution in [0.5, 0.6) is 0 Å². The second-order valence-electron chi connectivity index (χ2n) is 4.76. The van der Waals surface area contributed by atoms with Crippen molar-refractivity contribution in [3.63, 3.8) is 0 Å². The highest BCUT2D eigenvalue weighted by Gasteiger charge is 2.14. The number of aryl methyl sites for hydroxylation is 2. The van der Waals surface area contributed by atoms with Crippen LogP contribution in [0.3, 0.4) is 0 Å². The quantitative estimate of drug-likeness (QED) is 0.813. The highest BCUT2D eigenvalue weighted by atomic mass is 16.5. The summed E-state index contributed by atoms with van der Waals surface area (Å²) in [6, 6.07) is 1.65. The minimum absolute atomic E-state index is 0.334. The van der Waals surface area contributed by atoms with E-state index >= 15 is 0 Å². The molecule has 0 bridgehead atoms. The summed E-state index contributed by atoms with van der Waals surface area (Å²) in [6.07, 6.45) is 7.03. The Kier molecular flexibility index (Phi) is 4.45. The standard InChI is InChI=1S/C14H20N4O2/c1-3-5-18-10-12(15)7-13(18)14(19)20-6-4-11-8-16-17(2)9-11/h7-10H,3-6,15H2,1-2H3. The molecule has 2 heterocycles. The Morgan fingerprint density at radius 1 is 1.45 bits per heavy atom. The molecule has 0 saturated heterocycles. The number of nitrogens with two attached hydrogens (primary N) is 1. The molecule has 2 rings (SSSR count). The van der Waals surface area contributed by atoms with Crippen molar-refractivity contribution in [2.75, 3.05) is 12.3 Å². The molecule has 0 atom stereocenters. The van der Waals surface area contributed by atoms with Gasteiger partial charge in [0.2, 0.25) is 0 Å². The molecule has 2 aromatic heterocycles. The summed E-state index contributed by atoms with van der Waals surface area (Å²) in [7, 11) is 1.86. The van der Waals surface area contributed by atoms with E-state index in [1.807, 2.05) is 24.7 Å². The molecule has 0 aromatic carbocycles. The summed E-state index contributed by atoms with van der Waals surface area (Å²) in [4.78, 5) is 12.0. The summed E-state index contributed by atoms with van der Waals surface area (Å²) in [5.74, 6) is -0.334. The monoisotopic (exact) mass is 276 g/mol. The highest BCUT2D eigenvalue weighted by molar-refractivity contribution is 5.89. The molecule has 2 aromatic rings. The molecule has 0 aliphatic heterocycles. The summed E-state index contributed by atoms with van der Waals surface area (Å²) >= 11 is 0. The molecule has 0 spiro atoms. The second-order valence-corrected chi connectivity index (χ2v) is 4.76. The summed E-state index contributed by atoms with van der Waals surface area (Å²) in [5, 5.41) is 4.07. The molecule has 0 unspecified atom stereocenters. The predicted molar refractivity (Wildman–Crippen MR) is 76.3 cm³/mol. The fraction of sp³-hybridized carbons (Fsp3) is 0.429. The molecule has 0 saturated carbocycles. The van der Waals surface area contributed by atoms with E-state index in [-0.39, 0.29) is 5.97 Å². The van der Waals surface area contributed by atoms with Crippen LogP contribution in [0.1, 0.15) is 29.4 Å². The maximum atomic E-state index is 12.0. The number of anilines is 1. The van der Waals surface area contributed by atoms with Gasteiger partial charge in [-0.3, -0.25) is 4.68 Å². The topological polar surface area (TPSA) is 75.1 Å². The van der Waals surface area contributed by atoms with E-state index in [1.54, 1.807) is 23.1 Å². The number of esters is 1. The van der Waals surface area contributed by atoms with E-state index in [4.69, 9.17) is 10.5 Å². The van der Waals surface area contributed by atoms with Crippen LogP contribution in [0.25, 0.3) is 0 Å². The second kappa shape index (κ2) is 6.27. The third-order valence-corrected chi connectivity index (χ3v) is 2.97. The average Bonchev–Trinajstić information content (AvgIpc) is 2.96. The normalized spacial score (nSPS) is 10.7. The highest BCUT2D eigenvalue weighted by Crippen LogP contribution is 2.13. The van der Waals surface area contributed by atoms with Crippen molar-refractivity contribution >= 4 is 11.7 Å². The lowest BCUT2D eigenvalue weighted by molar-refractivity contribution is 0.0496. The molecule has 0 aliphatic rings. The number of hydrogen-bond donors (Lipinski definition) is 1. The van der Waals surface area contributed by atoms with Crippen molar-refractivity contribution in [1.82, 2.24) is 14.3 Å². The first-order chi connectivity index (χ1) is 9.60. The molecular formula is C14H20N4O2. The lowest BCUT2D eigenvalue weighted by atomic mass is 10.3. The first kappa shape index (κ1) is 14.2. The van der Waals surface area contributed by atoms with Crippen molar-refractivity contribution in [3.8, 4) is 0 Å². The maximum Gasteiger partial charge on any atom is 0.355 e. The van der Waals surface area contributed by atoms with Crippen molar-refractivity contribution < 1.29 is 9.53 Å². The molecule has 6 nitrogen and oxygen atoms in total. The largest absolute Gasteiger partial charge is 0.461 e. The Morgan fingerprint density at radius 2 is 2.25 bits per heavy atom. The number of nitrogens with zero attached hydrogens (tertiary/aromatic N) is 3. The van der Waals surface area contributed by atoms with Gasteiger partial charge in [-0.15, -0.1) is 0 Å². The van der Waals surface area contributed by atoms with Gasteiger partial charge in [0.15, 0.2) is 0 Å². The van der Waals surface area contributed by atoms with E-state index in [0.29, 0.717) is 24.4 Å². The number of carbonyl (C=O) groups is 1. The lowest BCUT2D eigenvalue weighted by Crippen LogP contribution is -2.13. The SMILES string of the molecule is CCCn1cc(N)cc1C(=O)OCCc1cnn(C)c1. The fourth-order valence-corrected chi connectivity index (χ4v) is 2.07. The maximum absolute atomic E-state index is 12.0. The van der Waals surface area contributed by atoms with E-state index in [2.05, 4.69) is 5.10 Å². The van der Waals surface area contributed by atoms with Crippen LogP contribution in [-0.4, -0.2) is 26.9 Å². The third kappa shape index (κ3) is 3.40. The minimum atomic E-state index is -0.334. The molecule has 20 heavy (non-hydrogen) atoms. The zero-order valence-corrected chi connectivity index (χ0v) is 11.9. The Labute approximate surface area is 118 Å². The van der Waals surface area contributed by atoms with Gasteiger partial charge < -0.3 is 15.0 Å². The van der Waals surface area contributed by atoms with Gasteiger partial charge in [0.25, 0.3) is 0 Å². The average molecular weight is 276 g/mol. The van der Waals surface area contributed by atoms with Gasteiger partial charge in [-0.1, -0.05) is 6.92 Å². The van der Waals surface area contributed by atoms with Gasteiger partial charge in [-0.05, 0) is 18.1 Å². The number of rotatable bonds is 6. The molecule has 0 radical (unpaired) electrons. The Balaban J connectivity index is 1.91. The van der Waals surface area contributed by atoms with E-state index < -0.39 is 0 Å². The van der Waals surface area contributed by atoms with Crippen LogP contribution >= 0.6 is 0 Å². The zero-order chi connectivity index (χ0) is 14.5. The van der Waals surface area contributed by atoms with Crippen LogP contribution in [0.4, 0.5) is 5.69 Å². The van der Waals surface area contributed by atoms with Gasteiger partial charge >= 0.3 is 5.97 Å². The van der Waals surface area contributed by atoms with Crippen LogP contribution in [0.15, 0.2) is 24.7 Å². The van der Waals surface area contributed by atoms with Gasteiger partial charge in [0.1, 0.15) is 5.69 Å². The van der Waals surface area contributed by atoms with Crippen LogP contribution < -0.4 is 5.73 Å². The fourth-order valence-electron chi connectivity index (χ4n) is 2.07. The zero-order valence-electron chi connectivity index (χ0n) is 11.9. The molecule has 6 heteroatoms. The molecule has 108 valence electrons. The third-order valence-electron chi connectivity index (χ3n) is 2.97. The summed E-state index contributed by atoms with van der Waals surface area (Å²) in [6.45, 7) is 3.14. The molecule has 0 amide bonds. The van der Waals surface area contributed by atoms with Crippen molar-refractivity contribution in [3.05, 3.63) is 35.9 Å². The first-order valence-electron chi connectivity index (χ1n) is 6.70. The summed E-state index contributed by atoms with van der Waals surface area (Å²) in [5.41, 5.74) is 7.87. The van der Waals surface area contributed by atoms with Gasteiger partial charge in [0, 0.05) is 32.4 Å². The van der Waals surface area contributed by atoms with Crippen molar-refractivity contribution in [1.29, 1.82) is 0 Å². The van der Waals surface area contributed by atoms with E-state index in [0.717, 1.165) is 18.5 Å². The minimum Gasteiger partial charge on any atom is -0.461 e. The Bertz CT molecular complexity index is 586. The van der Waals surface area contributed by atoms with Crippen molar-refractivity contribution in [2.45, 2.75) is 26.3 Å².